The predicted molar refractivity (Wildman–Crippen MR) is 111 cm³/mol. The van der Waals surface area contributed by atoms with E-state index < -0.39 is 17.5 Å². The summed E-state index contributed by atoms with van der Waals surface area (Å²) in [7, 11) is 0. The summed E-state index contributed by atoms with van der Waals surface area (Å²) in [5.74, 6) is 3.85. The maximum atomic E-state index is 14.5. The highest BCUT2D eigenvalue weighted by Crippen LogP contribution is 2.22. The lowest BCUT2D eigenvalue weighted by molar-refractivity contribution is 0.517. The fraction of sp³-hybridized carbons (Fsp3) is 0.120. The van der Waals surface area contributed by atoms with E-state index >= 15 is 0 Å². The fourth-order valence-electron chi connectivity index (χ4n) is 3.16. The van der Waals surface area contributed by atoms with Crippen LogP contribution >= 0.6 is 0 Å². The number of aromatic nitrogens is 2. The predicted octanol–water partition coefficient (Wildman–Crippen LogP) is 6.07. The Bertz CT molecular complexity index is 1290. The van der Waals surface area contributed by atoms with E-state index in [-0.39, 0.29) is 10.9 Å². The van der Waals surface area contributed by atoms with Gasteiger partial charge in [0.15, 0.2) is 17.5 Å². The van der Waals surface area contributed by atoms with E-state index in [9.17, 15) is 13.2 Å². The van der Waals surface area contributed by atoms with Gasteiger partial charge in [-0.3, -0.25) is 0 Å². The van der Waals surface area contributed by atoms with Crippen LogP contribution in [0.1, 0.15) is 30.0 Å². The topological polar surface area (TPSA) is 25.8 Å². The van der Waals surface area contributed by atoms with Gasteiger partial charge in [0.1, 0.15) is 5.82 Å². The highest BCUT2D eigenvalue weighted by molar-refractivity contribution is 5.84. The number of hydrogen-bond donors (Lipinski definition) is 0. The number of halogens is 3. The Morgan fingerprint density at radius 2 is 1.63 bits per heavy atom. The molecular formula is C25H17F3N2. The molecule has 0 spiro atoms. The van der Waals surface area contributed by atoms with Gasteiger partial charge >= 0.3 is 0 Å². The third-order valence-corrected chi connectivity index (χ3v) is 4.72. The van der Waals surface area contributed by atoms with E-state index in [0.29, 0.717) is 22.3 Å². The first-order valence-electron chi connectivity index (χ1n) is 9.56. The van der Waals surface area contributed by atoms with Crippen LogP contribution in [-0.2, 0) is 6.42 Å². The fourth-order valence-corrected chi connectivity index (χ4v) is 3.16. The van der Waals surface area contributed by atoms with Crippen LogP contribution in [0.25, 0.3) is 22.2 Å². The lowest BCUT2D eigenvalue weighted by Gasteiger charge is -2.03. The third-order valence-electron chi connectivity index (χ3n) is 4.72. The zero-order valence-electron chi connectivity index (χ0n) is 16.2. The summed E-state index contributed by atoms with van der Waals surface area (Å²) in [6, 6.07) is 11.9. The summed E-state index contributed by atoms with van der Waals surface area (Å²) in [6.07, 6.45) is 5.42. The molecule has 2 nitrogen and oxygen atoms in total. The van der Waals surface area contributed by atoms with Gasteiger partial charge in [-0.15, -0.1) is 0 Å². The Balaban J connectivity index is 1.60. The Labute approximate surface area is 172 Å². The number of benzene rings is 3. The molecule has 3 aromatic carbocycles. The van der Waals surface area contributed by atoms with Crippen molar-refractivity contribution in [3.63, 3.8) is 0 Å². The second-order valence-corrected chi connectivity index (χ2v) is 6.91. The quantitative estimate of drug-likeness (QED) is 0.389. The number of fused-ring (bicyclic) bond motifs is 1. The van der Waals surface area contributed by atoms with Crippen molar-refractivity contribution in [2.45, 2.75) is 19.8 Å². The average molecular weight is 402 g/mol. The van der Waals surface area contributed by atoms with Gasteiger partial charge in [-0.2, -0.15) is 0 Å². The highest BCUT2D eigenvalue weighted by atomic mass is 19.2. The zero-order valence-corrected chi connectivity index (χ0v) is 16.2. The maximum Gasteiger partial charge on any atom is 0.166 e. The molecule has 0 aliphatic rings. The summed E-state index contributed by atoms with van der Waals surface area (Å²) >= 11 is 0. The van der Waals surface area contributed by atoms with E-state index in [1.165, 1.54) is 18.2 Å². The molecule has 0 radical (unpaired) electrons. The number of hydrogen-bond acceptors (Lipinski definition) is 2. The van der Waals surface area contributed by atoms with Gasteiger partial charge in [0, 0.05) is 28.9 Å². The Morgan fingerprint density at radius 1 is 0.833 bits per heavy atom. The molecule has 0 atom stereocenters. The first-order chi connectivity index (χ1) is 14.5. The molecule has 0 unspecified atom stereocenters. The van der Waals surface area contributed by atoms with Crippen LogP contribution in [0.15, 0.2) is 60.9 Å². The molecule has 0 saturated carbocycles. The van der Waals surface area contributed by atoms with E-state index in [4.69, 9.17) is 0 Å². The monoisotopic (exact) mass is 402 g/mol. The summed E-state index contributed by atoms with van der Waals surface area (Å²) in [5, 5.41) is 0.709. The van der Waals surface area contributed by atoms with Crippen molar-refractivity contribution in [1.82, 2.24) is 9.97 Å². The minimum Gasteiger partial charge on any atom is -0.236 e. The van der Waals surface area contributed by atoms with Gasteiger partial charge in [-0.05, 0) is 53.8 Å². The lowest BCUT2D eigenvalue weighted by atomic mass is 10.1. The van der Waals surface area contributed by atoms with E-state index in [2.05, 4.69) is 28.7 Å². The SMILES string of the molecule is CCCc1cnc(-c2ccc(C#Cc3ccc4c(F)c(F)ccc4c3)c(F)c2)nc1. The molecular weight excluding hydrogens is 385 g/mol. The van der Waals surface area contributed by atoms with Crippen molar-refractivity contribution in [1.29, 1.82) is 0 Å². The van der Waals surface area contributed by atoms with Crippen LogP contribution in [0.3, 0.4) is 0 Å². The Morgan fingerprint density at radius 3 is 2.37 bits per heavy atom. The summed E-state index contributed by atoms with van der Waals surface area (Å²) in [4.78, 5) is 8.61. The van der Waals surface area contributed by atoms with Crippen molar-refractivity contribution in [3.8, 4) is 23.2 Å². The first-order valence-corrected chi connectivity index (χ1v) is 9.56. The van der Waals surface area contributed by atoms with Crippen LogP contribution in [0.2, 0.25) is 0 Å². The summed E-state index contributed by atoms with van der Waals surface area (Å²) in [5.41, 5.74) is 2.42. The molecule has 0 amide bonds. The molecule has 148 valence electrons. The highest BCUT2D eigenvalue weighted by Gasteiger charge is 2.08. The standard InChI is InChI=1S/C25H17F3N2/c1-2-3-17-14-29-25(30-15-17)20-8-7-18(23(27)13-20)6-4-16-5-10-21-19(12-16)9-11-22(26)24(21)28/h5,7-15H,2-3H2,1H3. The zero-order chi connectivity index (χ0) is 21.1. The normalized spacial score (nSPS) is 10.7. The third kappa shape index (κ3) is 4.04. The van der Waals surface area contributed by atoms with Crippen molar-refractivity contribution in [3.05, 3.63) is 95.1 Å². The Kier molecular flexibility index (Phi) is 5.49. The Hall–Kier alpha value is -3.65. The molecule has 5 heteroatoms. The van der Waals surface area contributed by atoms with Gasteiger partial charge in [0.25, 0.3) is 0 Å². The van der Waals surface area contributed by atoms with Crippen molar-refractivity contribution in [2.24, 2.45) is 0 Å². The molecule has 4 aromatic rings. The van der Waals surface area contributed by atoms with Gasteiger partial charge in [0.05, 0.1) is 5.56 Å². The molecule has 0 aliphatic carbocycles. The second kappa shape index (κ2) is 8.38. The van der Waals surface area contributed by atoms with Crippen LogP contribution < -0.4 is 0 Å². The van der Waals surface area contributed by atoms with Crippen LogP contribution in [0.4, 0.5) is 13.2 Å². The smallest absolute Gasteiger partial charge is 0.166 e. The van der Waals surface area contributed by atoms with Gasteiger partial charge in [-0.25, -0.2) is 23.1 Å². The van der Waals surface area contributed by atoms with Gasteiger partial charge in [0.2, 0.25) is 0 Å². The number of rotatable bonds is 3. The molecule has 0 aliphatic heterocycles. The van der Waals surface area contributed by atoms with Crippen molar-refractivity contribution in [2.75, 3.05) is 0 Å². The van der Waals surface area contributed by atoms with Crippen LogP contribution in [0, 0.1) is 29.3 Å². The van der Waals surface area contributed by atoms with Crippen molar-refractivity contribution < 1.29 is 13.2 Å². The molecule has 1 aromatic heterocycles. The average Bonchev–Trinajstić information content (AvgIpc) is 2.76. The maximum absolute atomic E-state index is 14.5. The molecule has 4 rings (SSSR count). The van der Waals surface area contributed by atoms with Crippen LogP contribution in [0.5, 0.6) is 0 Å². The molecule has 0 fully saturated rings. The number of nitrogens with zero attached hydrogens (tertiary/aromatic N) is 2. The minimum absolute atomic E-state index is 0.182. The van der Waals surface area contributed by atoms with Gasteiger partial charge in [-0.1, -0.05) is 37.3 Å². The molecule has 1 heterocycles. The summed E-state index contributed by atoms with van der Waals surface area (Å²) < 4.78 is 41.7. The number of aryl methyl sites for hydroxylation is 1. The van der Waals surface area contributed by atoms with Crippen LogP contribution in [-0.4, -0.2) is 9.97 Å². The largest absolute Gasteiger partial charge is 0.236 e. The van der Waals surface area contributed by atoms with E-state index in [1.54, 1.807) is 36.7 Å². The lowest BCUT2D eigenvalue weighted by Crippen LogP contribution is -1.94. The summed E-state index contributed by atoms with van der Waals surface area (Å²) in [6.45, 7) is 2.08. The minimum atomic E-state index is -0.896. The molecule has 0 N–H and O–H groups in total. The molecule has 30 heavy (non-hydrogen) atoms. The van der Waals surface area contributed by atoms with E-state index in [1.807, 2.05) is 0 Å². The van der Waals surface area contributed by atoms with Crippen molar-refractivity contribution >= 4 is 10.8 Å². The first kappa shape index (κ1) is 19.7. The van der Waals surface area contributed by atoms with Gasteiger partial charge < -0.3 is 0 Å². The van der Waals surface area contributed by atoms with E-state index in [0.717, 1.165) is 24.5 Å². The second-order valence-electron chi connectivity index (χ2n) is 6.91. The molecule has 0 saturated heterocycles. The molecule has 0 bridgehead atoms.